The van der Waals surface area contributed by atoms with Crippen molar-refractivity contribution in [1.82, 2.24) is 9.47 Å². The largest absolute Gasteiger partial charge is 0.505 e. The zero-order chi connectivity index (χ0) is 14.2. The van der Waals surface area contributed by atoms with Crippen LogP contribution in [0.2, 0.25) is 0 Å². The van der Waals surface area contributed by atoms with Crippen LogP contribution in [0.15, 0.2) is 6.20 Å². The van der Waals surface area contributed by atoms with Crippen LogP contribution in [-0.4, -0.2) is 46.1 Å². The summed E-state index contributed by atoms with van der Waals surface area (Å²) in [6.07, 6.45) is 1.50. The molecule has 1 aromatic rings. The lowest BCUT2D eigenvalue weighted by Crippen LogP contribution is -2.41. The highest BCUT2D eigenvalue weighted by atomic mass is 16.5. The molecule has 1 N–H and O–H groups in total. The lowest BCUT2D eigenvalue weighted by atomic mass is 10.2. The minimum Gasteiger partial charge on any atom is -0.505 e. The van der Waals surface area contributed by atoms with Gasteiger partial charge >= 0.3 is 5.97 Å². The van der Waals surface area contributed by atoms with E-state index in [-0.39, 0.29) is 35.6 Å². The van der Waals surface area contributed by atoms with E-state index in [0.29, 0.717) is 13.1 Å². The maximum atomic E-state index is 12.2. The van der Waals surface area contributed by atoms with Gasteiger partial charge in [-0.2, -0.15) is 0 Å². The Morgan fingerprint density at radius 1 is 1.53 bits per heavy atom. The standard InChI is InChI=1S/C13H18N2O4/c1-4-14-6-8(3)15-7-9(13(18)19-5-2)11(16)10(15)12(14)17/h7-8,16H,4-6H2,1-3H3/t8-/m0/s1. The van der Waals surface area contributed by atoms with E-state index < -0.39 is 5.97 Å². The van der Waals surface area contributed by atoms with Crippen LogP contribution in [0.25, 0.3) is 0 Å². The smallest absolute Gasteiger partial charge is 0.343 e. The summed E-state index contributed by atoms with van der Waals surface area (Å²) in [6, 6.07) is 0.0155. The number of aromatic nitrogens is 1. The number of hydrogen-bond acceptors (Lipinski definition) is 4. The molecule has 1 aromatic heterocycles. The van der Waals surface area contributed by atoms with E-state index >= 15 is 0 Å². The molecule has 19 heavy (non-hydrogen) atoms. The number of hydrogen-bond donors (Lipinski definition) is 1. The SMILES string of the molecule is CCOC(=O)c1cn2c(c1O)C(=O)N(CC)C[C@@H]2C. The summed E-state index contributed by atoms with van der Waals surface area (Å²) in [4.78, 5) is 25.6. The summed E-state index contributed by atoms with van der Waals surface area (Å²) in [6.45, 7) is 6.88. The highest BCUT2D eigenvalue weighted by Crippen LogP contribution is 2.33. The van der Waals surface area contributed by atoms with Gasteiger partial charge in [0.2, 0.25) is 0 Å². The number of fused-ring (bicyclic) bond motifs is 1. The first-order valence-corrected chi connectivity index (χ1v) is 6.41. The monoisotopic (exact) mass is 266 g/mol. The maximum absolute atomic E-state index is 12.2. The predicted molar refractivity (Wildman–Crippen MR) is 68.3 cm³/mol. The fraction of sp³-hybridized carbons (Fsp3) is 0.538. The first kappa shape index (κ1) is 13.5. The van der Waals surface area contributed by atoms with Crippen LogP contribution in [0.1, 0.15) is 47.7 Å². The third kappa shape index (κ3) is 2.07. The first-order valence-electron chi connectivity index (χ1n) is 6.41. The van der Waals surface area contributed by atoms with Crippen LogP contribution in [-0.2, 0) is 4.74 Å². The second kappa shape index (κ2) is 4.95. The topological polar surface area (TPSA) is 71.8 Å². The molecule has 0 spiro atoms. The third-order valence-corrected chi connectivity index (χ3v) is 3.33. The van der Waals surface area contributed by atoms with Crippen molar-refractivity contribution in [3.05, 3.63) is 17.5 Å². The van der Waals surface area contributed by atoms with Crippen LogP contribution in [0.5, 0.6) is 5.75 Å². The van der Waals surface area contributed by atoms with E-state index in [1.807, 2.05) is 13.8 Å². The molecule has 1 aliphatic heterocycles. The molecule has 2 rings (SSSR count). The Morgan fingerprint density at radius 3 is 2.79 bits per heavy atom. The first-order chi connectivity index (χ1) is 9.01. The zero-order valence-electron chi connectivity index (χ0n) is 11.3. The Morgan fingerprint density at radius 2 is 2.21 bits per heavy atom. The van der Waals surface area contributed by atoms with Gasteiger partial charge in [-0.1, -0.05) is 0 Å². The minimum absolute atomic E-state index is 0.0155. The molecule has 0 saturated heterocycles. The summed E-state index contributed by atoms with van der Waals surface area (Å²) in [5.41, 5.74) is 0.221. The molecule has 0 saturated carbocycles. The number of carbonyl (C=O) groups excluding carboxylic acids is 2. The summed E-state index contributed by atoms with van der Waals surface area (Å²) in [5.74, 6) is -1.15. The van der Waals surface area contributed by atoms with Crippen molar-refractivity contribution in [3.63, 3.8) is 0 Å². The van der Waals surface area contributed by atoms with Crippen LogP contribution in [0, 0.1) is 0 Å². The molecule has 104 valence electrons. The van der Waals surface area contributed by atoms with E-state index in [1.165, 1.54) is 6.20 Å². The number of nitrogens with zero attached hydrogens (tertiary/aromatic N) is 2. The number of rotatable bonds is 3. The molecule has 1 atom stereocenters. The normalized spacial score (nSPS) is 18.4. The number of amides is 1. The van der Waals surface area contributed by atoms with Crippen molar-refractivity contribution in [2.24, 2.45) is 0 Å². The quantitative estimate of drug-likeness (QED) is 0.840. The number of esters is 1. The fourth-order valence-corrected chi connectivity index (χ4v) is 2.34. The lowest BCUT2D eigenvalue weighted by Gasteiger charge is -2.31. The molecule has 6 heteroatoms. The summed E-state index contributed by atoms with van der Waals surface area (Å²) >= 11 is 0. The molecule has 0 radical (unpaired) electrons. The molecule has 0 fully saturated rings. The van der Waals surface area contributed by atoms with Gasteiger partial charge in [0.1, 0.15) is 5.56 Å². The van der Waals surface area contributed by atoms with Crippen LogP contribution < -0.4 is 0 Å². The molecular weight excluding hydrogens is 248 g/mol. The van der Waals surface area contributed by atoms with Crippen LogP contribution in [0.3, 0.4) is 0 Å². The van der Waals surface area contributed by atoms with E-state index in [4.69, 9.17) is 4.74 Å². The van der Waals surface area contributed by atoms with Gasteiger partial charge in [0.25, 0.3) is 5.91 Å². The van der Waals surface area contributed by atoms with Crippen molar-refractivity contribution < 1.29 is 19.4 Å². The fourth-order valence-electron chi connectivity index (χ4n) is 2.34. The molecule has 2 heterocycles. The average Bonchev–Trinajstić information content (AvgIpc) is 2.73. The van der Waals surface area contributed by atoms with Gasteiger partial charge in [0.15, 0.2) is 11.4 Å². The third-order valence-electron chi connectivity index (χ3n) is 3.33. The van der Waals surface area contributed by atoms with E-state index in [9.17, 15) is 14.7 Å². The Kier molecular flexibility index (Phi) is 3.50. The Balaban J connectivity index is 2.48. The van der Waals surface area contributed by atoms with Crippen molar-refractivity contribution in [2.45, 2.75) is 26.8 Å². The molecule has 1 amide bonds. The molecule has 1 aliphatic rings. The summed E-state index contributed by atoms with van der Waals surface area (Å²) in [7, 11) is 0. The van der Waals surface area contributed by atoms with Gasteiger partial charge in [-0.3, -0.25) is 4.79 Å². The van der Waals surface area contributed by atoms with Gasteiger partial charge in [-0.15, -0.1) is 0 Å². The molecule has 6 nitrogen and oxygen atoms in total. The Labute approximate surface area is 111 Å². The van der Waals surface area contributed by atoms with Crippen molar-refractivity contribution in [1.29, 1.82) is 0 Å². The highest BCUT2D eigenvalue weighted by molar-refractivity contribution is 6.02. The van der Waals surface area contributed by atoms with Crippen LogP contribution >= 0.6 is 0 Å². The van der Waals surface area contributed by atoms with E-state index in [2.05, 4.69) is 0 Å². The van der Waals surface area contributed by atoms with Gasteiger partial charge in [-0.25, -0.2) is 4.79 Å². The molecule has 0 aliphatic carbocycles. The number of ether oxygens (including phenoxy) is 1. The van der Waals surface area contributed by atoms with Crippen LogP contribution in [0.4, 0.5) is 0 Å². The second-order valence-corrected chi connectivity index (χ2v) is 4.56. The minimum atomic E-state index is -0.607. The van der Waals surface area contributed by atoms with E-state index in [0.717, 1.165) is 0 Å². The highest BCUT2D eigenvalue weighted by Gasteiger charge is 2.34. The summed E-state index contributed by atoms with van der Waals surface area (Å²) < 4.78 is 6.52. The number of carbonyl (C=O) groups is 2. The molecular formula is C13H18N2O4. The Bertz CT molecular complexity index is 521. The van der Waals surface area contributed by atoms with Gasteiger partial charge in [0, 0.05) is 25.3 Å². The van der Waals surface area contributed by atoms with Crippen molar-refractivity contribution in [2.75, 3.05) is 19.7 Å². The number of aromatic hydroxyl groups is 1. The molecule has 0 aromatic carbocycles. The summed E-state index contributed by atoms with van der Waals surface area (Å²) in [5, 5.41) is 10.1. The van der Waals surface area contributed by atoms with Gasteiger partial charge < -0.3 is 19.3 Å². The van der Waals surface area contributed by atoms with E-state index in [1.54, 1.807) is 16.4 Å². The average molecular weight is 266 g/mol. The van der Waals surface area contributed by atoms with Gasteiger partial charge in [-0.05, 0) is 20.8 Å². The lowest BCUT2D eigenvalue weighted by molar-refractivity contribution is 0.0523. The van der Waals surface area contributed by atoms with Crippen molar-refractivity contribution >= 4 is 11.9 Å². The maximum Gasteiger partial charge on any atom is 0.343 e. The molecule has 0 unspecified atom stereocenters. The van der Waals surface area contributed by atoms with Gasteiger partial charge in [0.05, 0.1) is 6.61 Å². The molecule has 0 bridgehead atoms. The number of likely N-dealkylation sites (N-methyl/N-ethyl adjacent to an activating group) is 1. The second-order valence-electron chi connectivity index (χ2n) is 4.56. The Hall–Kier alpha value is -1.98. The predicted octanol–water partition coefficient (Wildman–Crippen LogP) is 1.41. The van der Waals surface area contributed by atoms with Crippen molar-refractivity contribution in [3.8, 4) is 5.75 Å². The zero-order valence-corrected chi connectivity index (χ0v) is 11.3.